The van der Waals surface area contributed by atoms with Crippen LogP contribution in [0.5, 0.6) is 0 Å². The Hall–Kier alpha value is -2.58. The van der Waals surface area contributed by atoms with Crippen LogP contribution in [0.2, 0.25) is 0 Å². The molecular formula is C16H14N4O2S2. The van der Waals surface area contributed by atoms with E-state index in [-0.39, 0.29) is 18.4 Å². The van der Waals surface area contributed by atoms with Crippen LogP contribution >= 0.6 is 22.9 Å². The molecule has 0 aliphatic heterocycles. The van der Waals surface area contributed by atoms with E-state index >= 15 is 0 Å². The molecule has 0 bridgehead atoms. The normalized spacial score (nSPS) is 10.3. The quantitative estimate of drug-likeness (QED) is 0.709. The number of hydrogen-bond donors (Lipinski definition) is 2. The molecule has 6 nitrogen and oxygen atoms in total. The van der Waals surface area contributed by atoms with Gasteiger partial charge in [0.2, 0.25) is 11.0 Å². The molecule has 0 radical (unpaired) electrons. The van der Waals surface area contributed by atoms with Crippen molar-refractivity contribution in [2.75, 3.05) is 11.9 Å². The largest absolute Gasteiger partial charge is 0.342 e. The van der Waals surface area contributed by atoms with Crippen molar-refractivity contribution < 1.29 is 9.59 Å². The van der Waals surface area contributed by atoms with Crippen LogP contribution in [0.25, 0.3) is 0 Å². The summed E-state index contributed by atoms with van der Waals surface area (Å²) < 4.78 is 4.23. The number of carbonyl (C=O) groups excluding carboxylic acids is 2. The Balaban J connectivity index is 1.49. The highest BCUT2D eigenvalue weighted by molar-refractivity contribution is 7.12. The fourth-order valence-electron chi connectivity index (χ4n) is 1.97. The lowest BCUT2D eigenvalue weighted by molar-refractivity contribution is -0.115. The molecule has 0 saturated carbocycles. The summed E-state index contributed by atoms with van der Waals surface area (Å²) in [6.45, 7) is -0.107. The van der Waals surface area contributed by atoms with Crippen molar-refractivity contribution in [2.45, 2.75) is 6.42 Å². The van der Waals surface area contributed by atoms with Gasteiger partial charge in [0.05, 0.1) is 11.4 Å². The van der Waals surface area contributed by atoms with E-state index < -0.39 is 0 Å². The predicted octanol–water partition coefficient (Wildman–Crippen LogP) is 2.56. The highest BCUT2D eigenvalue weighted by Gasteiger charge is 2.11. The summed E-state index contributed by atoms with van der Waals surface area (Å²) in [6.07, 6.45) is 0.613. The zero-order valence-corrected chi connectivity index (χ0v) is 14.2. The van der Waals surface area contributed by atoms with Gasteiger partial charge in [-0.25, -0.2) is 4.98 Å². The molecule has 2 heterocycles. The molecule has 1 aromatic carbocycles. The minimum atomic E-state index is -0.331. The third-order valence-electron chi connectivity index (χ3n) is 3.07. The van der Waals surface area contributed by atoms with Crippen LogP contribution in [0, 0.1) is 0 Å². The Morgan fingerprint density at radius 1 is 1.08 bits per heavy atom. The first kappa shape index (κ1) is 16.3. The minimum Gasteiger partial charge on any atom is -0.342 e. The molecule has 0 atom stereocenters. The van der Waals surface area contributed by atoms with Crippen LogP contribution in [0.3, 0.4) is 0 Å². The summed E-state index contributed by atoms with van der Waals surface area (Å²) in [4.78, 5) is 28.5. The van der Waals surface area contributed by atoms with Gasteiger partial charge in [0, 0.05) is 18.0 Å². The van der Waals surface area contributed by atoms with Crippen molar-refractivity contribution >= 4 is 39.8 Å². The van der Waals surface area contributed by atoms with Gasteiger partial charge in [-0.3, -0.25) is 14.9 Å². The van der Waals surface area contributed by atoms with E-state index in [9.17, 15) is 9.59 Å². The van der Waals surface area contributed by atoms with Gasteiger partial charge < -0.3 is 5.32 Å². The summed E-state index contributed by atoms with van der Waals surface area (Å²) in [7, 11) is 0. The molecule has 0 aliphatic rings. The first-order valence-corrected chi connectivity index (χ1v) is 8.84. The van der Waals surface area contributed by atoms with Crippen molar-refractivity contribution in [3.05, 3.63) is 64.1 Å². The molecule has 3 rings (SSSR count). The Morgan fingerprint density at radius 2 is 1.92 bits per heavy atom. The van der Waals surface area contributed by atoms with Gasteiger partial charge >= 0.3 is 0 Å². The molecular weight excluding hydrogens is 344 g/mol. The van der Waals surface area contributed by atoms with E-state index in [4.69, 9.17) is 0 Å². The average Bonchev–Trinajstić information content (AvgIpc) is 3.26. The first-order valence-electron chi connectivity index (χ1n) is 7.19. The number of rotatable bonds is 6. The number of carbonyl (C=O) groups is 2. The SMILES string of the molecule is O=C(CNC(=O)c1cccs1)Nc1nc(Cc2ccccc2)ns1. The van der Waals surface area contributed by atoms with Gasteiger partial charge in [-0.15, -0.1) is 11.3 Å². The molecule has 0 unspecified atom stereocenters. The molecule has 2 N–H and O–H groups in total. The van der Waals surface area contributed by atoms with Gasteiger partial charge in [0.1, 0.15) is 5.82 Å². The summed E-state index contributed by atoms with van der Waals surface area (Å²) in [5.41, 5.74) is 1.11. The lowest BCUT2D eigenvalue weighted by Gasteiger charge is -2.03. The van der Waals surface area contributed by atoms with E-state index in [2.05, 4.69) is 20.0 Å². The summed E-state index contributed by atoms with van der Waals surface area (Å²) in [5.74, 6) is 0.0635. The lowest BCUT2D eigenvalue weighted by atomic mass is 10.1. The molecule has 0 fully saturated rings. The second-order valence-electron chi connectivity index (χ2n) is 4.89. The summed E-state index contributed by atoms with van der Waals surface area (Å²) >= 11 is 2.45. The Labute approximate surface area is 146 Å². The fourth-order valence-corrected chi connectivity index (χ4v) is 3.22. The van der Waals surface area contributed by atoms with Crippen molar-refractivity contribution in [2.24, 2.45) is 0 Å². The van der Waals surface area contributed by atoms with E-state index in [1.807, 2.05) is 35.7 Å². The highest BCUT2D eigenvalue weighted by Crippen LogP contribution is 2.14. The Kier molecular flexibility index (Phi) is 5.29. The van der Waals surface area contributed by atoms with E-state index in [0.29, 0.717) is 22.3 Å². The maximum atomic E-state index is 11.9. The summed E-state index contributed by atoms with van der Waals surface area (Å²) in [5, 5.41) is 7.45. The number of nitrogens with one attached hydrogen (secondary N) is 2. The molecule has 24 heavy (non-hydrogen) atoms. The minimum absolute atomic E-state index is 0.107. The molecule has 3 aromatic rings. The molecule has 122 valence electrons. The third-order valence-corrected chi connectivity index (χ3v) is 4.61. The molecule has 2 amide bonds. The number of amides is 2. The van der Waals surface area contributed by atoms with Crippen LogP contribution in [-0.2, 0) is 11.2 Å². The Morgan fingerprint density at radius 3 is 2.67 bits per heavy atom. The van der Waals surface area contributed by atoms with Crippen molar-refractivity contribution in [3.8, 4) is 0 Å². The second kappa shape index (κ2) is 7.80. The number of benzene rings is 1. The monoisotopic (exact) mass is 358 g/mol. The summed E-state index contributed by atoms with van der Waals surface area (Å²) in [6, 6.07) is 13.4. The van der Waals surface area contributed by atoms with E-state index in [0.717, 1.165) is 17.1 Å². The van der Waals surface area contributed by atoms with Gasteiger partial charge in [-0.05, 0) is 17.0 Å². The van der Waals surface area contributed by atoms with Crippen molar-refractivity contribution in [1.29, 1.82) is 0 Å². The van der Waals surface area contributed by atoms with Crippen LogP contribution in [-0.4, -0.2) is 27.7 Å². The number of aromatic nitrogens is 2. The molecule has 0 spiro atoms. The first-order chi connectivity index (χ1) is 11.7. The number of thiophene rings is 1. The van der Waals surface area contributed by atoms with Gasteiger partial charge in [-0.2, -0.15) is 4.37 Å². The number of anilines is 1. The van der Waals surface area contributed by atoms with Crippen molar-refractivity contribution in [1.82, 2.24) is 14.7 Å². The molecule has 2 aromatic heterocycles. The lowest BCUT2D eigenvalue weighted by Crippen LogP contribution is -2.32. The number of nitrogens with zero attached hydrogens (tertiary/aromatic N) is 2. The van der Waals surface area contributed by atoms with Crippen LogP contribution in [0.4, 0.5) is 5.13 Å². The standard InChI is InChI=1S/C16H14N4O2S2/c21-14(10-17-15(22)12-7-4-8-23-12)19-16-18-13(20-24-16)9-11-5-2-1-3-6-11/h1-8H,9-10H2,(H,17,22)(H,18,19,20,21). The average molecular weight is 358 g/mol. The zero-order chi connectivity index (χ0) is 16.8. The topological polar surface area (TPSA) is 84.0 Å². The van der Waals surface area contributed by atoms with Crippen LogP contribution in [0.1, 0.15) is 21.1 Å². The second-order valence-corrected chi connectivity index (χ2v) is 6.59. The fraction of sp³-hybridized carbons (Fsp3) is 0.125. The molecule has 8 heteroatoms. The van der Waals surface area contributed by atoms with Crippen LogP contribution < -0.4 is 10.6 Å². The maximum Gasteiger partial charge on any atom is 0.261 e. The number of hydrogen-bond acceptors (Lipinski definition) is 6. The van der Waals surface area contributed by atoms with Gasteiger partial charge in [0.15, 0.2) is 0 Å². The van der Waals surface area contributed by atoms with Gasteiger partial charge in [0.25, 0.3) is 5.91 Å². The van der Waals surface area contributed by atoms with E-state index in [1.54, 1.807) is 12.1 Å². The van der Waals surface area contributed by atoms with Crippen LogP contribution in [0.15, 0.2) is 47.8 Å². The molecule has 0 aliphatic carbocycles. The maximum absolute atomic E-state index is 11.9. The zero-order valence-electron chi connectivity index (χ0n) is 12.6. The highest BCUT2D eigenvalue weighted by atomic mass is 32.1. The van der Waals surface area contributed by atoms with Crippen molar-refractivity contribution in [3.63, 3.8) is 0 Å². The molecule has 0 saturated heterocycles. The predicted molar refractivity (Wildman–Crippen MR) is 94.4 cm³/mol. The third kappa shape index (κ3) is 4.46. The Bertz CT molecular complexity index is 816. The smallest absolute Gasteiger partial charge is 0.261 e. The van der Waals surface area contributed by atoms with Gasteiger partial charge in [-0.1, -0.05) is 36.4 Å². The van der Waals surface area contributed by atoms with E-state index in [1.165, 1.54) is 11.3 Å².